The molecular formula is C31H27F3N4O3S2. The van der Waals surface area contributed by atoms with E-state index in [1.807, 2.05) is 35.2 Å². The summed E-state index contributed by atoms with van der Waals surface area (Å²) in [6.45, 7) is 1.93. The van der Waals surface area contributed by atoms with Crippen LogP contribution < -0.4 is 9.88 Å². The molecule has 1 saturated carbocycles. The van der Waals surface area contributed by atoms with E-state index in [0.29, 0.717) is 18.1 Å². The average molecular weight is 625 g/mol. The van der Waals surface area contributed by atoms with Crippen LogP contribution in [0.2, 0.25) is 0 Å². The van der Waals surface area contributed by atoms with Gasteiger partial charge in [-0.25, -0.2) is 23.2 Å². The number of thiazole rings is 1. The van der Waals surface area contributed by atoms with E-state index in [-0.39, 0.29) is 10.6 Å². The molecule has 43 heavy (non-hydrogen) atoms. The average Bonchev–Trinajstić information content (AvgIpc) is 3.57. The van der Waals surface area contributed by atoms with Crippen molar-refractivity contribution < 1.29 is 26.3 Å². The Bertz CT molecular complexity index is 1880. The lowest BCUT2D eigenvalue weighted by atomic mass is 9.97. The summed E-state index contributed by atoms with van der Waals surface area (Å²) < 4.78 is 70.5. The number of rotatable bonds is 9. The standard InChI is InChI=1S/C31H27F3N4O3S2/c1-19-18-42-30(36-19)38-28(16-21-5-6-21)27(15-20-7-13-26(14-8-20)43(35,39)40)29(37-38)22-3-2-4-25(17-22)41-24-11-9-23(10-12-24)31(32,33)34/h2-4,7-14,17-18,21H,5-6,15-16H2,1H3,(H2,35,39,40). The summed E-state index contributed by atoms with van der Waals surface area (Å²) in [5.74, 6) is 1.27. The number of ether oxygens (including phenoxy) is 1. The first kappa shape index (κ1) is 29.1. The molecule has 0 aliphatic heterocycles. The number of primary sulfonamides is 1. The van der Waals surface area contributed by atoms with Gasteiger partial charge in [0.15, 0.2) is 0 Å². The number of alkyl halides is 3. The van der Waals surface area contributed by atoms with Crippen molar-refractivity contribution >= 4 is 21.4 Å². The van der Waals surface area contributed by atoms with E-state index in [2.05, 4.69) is 0 Å². The van der Waals surface area contributed by atoms with Crippen LogP contribution in [0, 0.1) is 12.8 Å². The second kappa shape index (κ2) is 11.3. The van der Waals surface area contributed by atoms with Crippen molar-refractivity contribution in [2.24, 2.45) is 11.1 Å². The maximum Gasteiger partial charge on any atom is 0.416 e. The van der Waals surface area contributed by atoms with E-state index < -0.39 is 21.8 Å². The second-order valence-electron chi connectivity index (χ2n) is 10.6. The highest BCUT2D eigenvalue weighted by Crippen LogP contribution is 2.39. The van der Waals surface area contributed by atoms with Gasteiger partial charge in [-0.3, -0.25) is 0 Å². The van der Waals surface area contributed by atoms with Crippen LogP contribution in [0.3, 0.4) is 0 Å². The SMILES string of the molecule is Cc1csc(-n2nc(-c3cccc(Oc4ccc(C(F)(F)F)cc4)c3)c(Cc3ccc(S(N)(=O)=O)cc3)c2CC2CC2)n1. The molecule has 2 N–H and O–H groups in total. The van der Waals surface area contributed by atoms with E-state index in [4.69, 9.17) is 20.0 Å². The van der Waals surface area contributed by atoms with Gasteiger partial charge in [-0.1, -0.05) is 24.3 Å². The molecule has 222 valence electrons. The maximum absolute atomic E-state index is 13.0. The minimum Gasteiger partial charge on any atom is -0.457 e. The van der Waals surface area contributed by atoms with Crippen molar-refractivity contribution in [3.05, 3.63) is 106 Å². The van der Waals surface area contributed by atoms with Crippen molar-refractivity contribution in [2.75, 3.05) is 0 Å². The Morgan fingerprint density at radius 1 is 1.02 bits per heavy atom. The molecule has 0 amide bonds. The van der Waals surface area contributed by atoms with Crippen molar-refractivity contribution in [3.63, 3.8) is 0 Å². The largest absolute Gasteiger partial charge is 0.457 e. The number of nitrogens with zero attached hydrogens (tertiary/aromatic N) is 3. The molecule has 2 aromatic heterocycles. The lowest BCUT2D eigenvalue weighted by molar-refractivity contribution is -0.137. The molecule has 0 bridgehead atoms. The van der Waals surface area contributed by atoms with Crippen LogP contribution in [-0.2, 0) is 29.0 Å². The van der Waals surface area contributed by atoms with Crippen molar-refractivity contribution in [1.29, 1.82) is 0 Å². The molecular weight excluding hydrogens is 597 g/mol. The molecule has 12 heteroatoms. The van der Waals surface area contributed by atoms with Gasteiger partial charge in [0.2, 0.25) is 15.2 Å². The quantitative estimate of drug-likeness (QED) is 0.185. The third-order valence-corrected chi connectivity index (χ3v) is 9.08. The molecule has 0 saturated heterocycles. The van der Waals surface area contributed by atoms with E-state index >= 15 is 0 Å². The molecule has 1 aliphatic carbocycles. The number of benzene rings is 3. The highest BCUT2D eigenvalue weighted by Gasteiger charge is 2.31. The molecule has 1 fully saturated rings. The smallest absolute Gasteiger partial charge is 0.416 e. The third-order valence-electron chi connectivity index (χ3n) is 7.21. The van der Waals surface area contributed by atoms with Crippen LogP contribution in [0.5, 0.6) is 11.5 Å². The first-order valence-electron chi connectivity index (χ1n) is 13.5. The zero-order valence-corrected chi connectivity index (χ0v) is 24.6. The van der Waals surface area contributed by atoms with Crippen molar-refractivity contribution in [2.45, 2.75) is 43.7 Å². The summed E-state index contributed by atoms with van der Waals surface area (Å²) in [4.78, 5) is 4.73. The molecule has 0 atom stereocenters. The van der Waals surface area contributed by atoms with Gasteiger partial charge in [0.25, 0.3) is 0 Å². The topological polar surface area (TPSA) is 100 Å². The molecule has 3 aromatic carbocycles. The van der Waals surface area contributed by atoms with Crippen molar-refractivity contribution in [3.8, 4) is 27.9 Å². The fourth-order valence-corrected chi connectivity index (χ4v) is 6.15. The Kier molecular flexibility index (Phi) is 7.61. The first-order chi connectivity index (χ1) is 20.4. The van der Waals surface area contributed by atoms with Crippen LogP contribution in [0.4, 0.5) is 13.2 Å². The number of hydrogen-bond acceptors (Lipinski definition) is 6. The number of hydrogen-bond donors (Lipinski definition) is 1. The fourth-order valence-electron chi connectivity index (χ4n) is 4.86. The first-order valence-corrected chi connectivity index (χ1v) is 16.0. The Morgan fingerprint density at radius 3 is 2.35 bits per heavy atom. The van der Waals surface area contributed by atoms with Crippen LogP contribution in [0.15, 0.2) is 83.1 Å². The summed E-state index contributed by atoms with van der Waals surface area (Å²) in [6.07, 6.45) is -0.859. The fraction of sp³-hybridized carbons (Fsp3) is 0.226. The van der Waals surface area contributed by atoms with Gasteiger partial charge in [-0.05, 0) is 86.2 Å². The number of aromatic nitrogens is 3. The number of aryl methyl sites for hydroxylation is 1. The van der Waals surface area contributed by atoms with Gasteiger partial charge < -0.3 is 4.74 Å². The maximum atomic E-state index is 13.0. The van der Waals surface area contributed by atoms with Crippen LogP contribution in [-0.4, -0.2) is 23.2 Å². The van der Waals surface area contributed by atoms with Gasteiger partial charge in [-0.2, -0.15) is 18.3 Å². The minimum absolute atomic E-state index is 0.0387. The molecule has 0 unspecified atom stereocenters. The zero-order valence-electron chi connectivity index (χ0n) is 23.0. The predicted molar refractivity (Wildman–Crippen MR) is 158 cm³/mol. The molecule has 0 spiro atoms. The molecule has 6 rings (SSSR count). The van der Waals surface area contributed by atoms with Crippen molar-refractivity contribution in [1.82, 2.24) is 14.8 Å². The zero-order chi connectivity index (χ0) is 30.4. The summed E-state index contributed by atoms with van der Waals surface area (Å²) in [6, 6.07) is 18.3. The van der Waals surface area contributed by atoms with E-state index in [0.717, 1.165) is 70.3 Å². The van der Waals surface area contributed by atoms with Gasteiger partial charge in [0, 0.05) is 22.9 Å². The normalized spacial score (nSPS) is 13.8. The Hall–Kier alpha value is -4.00. The second-order valence-corrected chi connectivity index (χ2v) is 13.0. The molecule has 2 heterocycles. The molecule has 7 nitrogen and oxygen atoms in total. The lowest BCUT2D eigenvalue weighted by Gasteiger charge is -2.11. The highest BCUT2D eigenvalue weighted by atomic mass is 32.2. The van der Waals surface area contributed by atoms with Gasteiger partial charge >= 0.3 is 6.18 Å². The summed E-state index contributed by atoms with van der Waals surface area (Å²) in [7, 11) is -3.82. The highest BCUT2D eigenvalue weighted by molar-refractivity contribution is 7.89. The Labute approximate surface area is 250 Å². The van der Waals surface area contributed by atoms with Crippen LogP contribution >= 0.6 is 11.3 Å². The molecule has 1 aliphatic rings. The lowest BCUT2D eigenvalue weighted by Crippen LogP contribution is -2.12. The third kappa shape index (κ3) is 6.66. The number of halogens is 3. The van der Waals surface area contributed by atoms with E-state index in [1.165, 1.54) is 35.6 Å². The Morgan fingerprint density at radius 2 is 1.74 bits per heavy atom. The van der Waals surface area contributed by atoms with Gasteiger partial charge in [0.1, 0.15) is 11.5 Å². The molecule has 0 radical (unpaired) electrons. The van der Waals surface area contributed by atoms with Gasteiger partial charge in [-0.15, -0.1) is 11.3 Å². The number of nitrogens with two attached hydrogens (primary N) is 1. The number of sulfonamides is 1. The minimum atomic E-state index is -4.43. The van der Waals surface area contributed by atoms with E-state index in [9.17, 15) is 21.6 Å². The van der Waals surface area contributed by atoms with E-state index in [1.54, 1.807) is 18.2 Å². The summed E-state index contributed by atoms with van der Waals surface area (Å²) >= 11 is 1.50. The molecule has 5 aromatic rings. The monoisotopic (exact) mass is 624 g/mol. The Balaban J connectivity index is 1.41. The summed E-state index contributed by atoms with van der Waals surface area (Å²) in [5.41, 5.74) is 4.54. The summed E-state index contributed by atoms with van der Waals surface area (Å²) in [5, 5.41) is 13.1. The van der Waals surface area contributed by atoms with Crippen LogP contribution in [0.1, 0.15) is 40.9 Å². The van der Waals surface area contributed by atoms with Crippen LogP contribution in [0.25, 0.3) is 16.4 Å². The predicted octanol–water partition coefficient (Wildman–Crippen LogP) is 7.31. The van der Waals surface area contributed by atoms with Gasteiger partial charge in [0.05, 0.1) is 27.5 Å².